The van der Waals surface area contributed by atoms with Crippen molar-refractivity contribution in [3.63, 3.8) is 0 Å². The van der Waals surface area contributed by atoms with Crippen LogP contribution in [0.2, 0.25) is 0 Å². The van der Waals surface area contributed by atoms with E-state index in [0.717, 1.165) is 0 Å². The van der Waals surface area contributed by atoms with Gasteiger partial charge in [-0.3, -0.25) is 10.2 Å². The molecule has 1 aliphatic heterocycles. The molecule has 1 aromatic carbocycles. The van der Waals surface area contributed by atoms with E-state index in [1.807, 2.05) is 5.43 Å². The normalized spacial score (nSPS) is 16.3. The Labute approximate surface area is 149 Å². The lowest BCUT2D eigenvalue weighted by molar-refractivity contribution is -0.136. The van der Waals surface area contributed by atoms with Gasteiger partial charge in [0.25, 0.3) is 5.91 Å². The van der Waals surface area contributed by atoms with Crippen LogP contribution in [0.5, 0.6) is 11.5 Å². The number of carbonyl (C=O) groups excluding carboxylic acids is 3. The molecule has 1 aliphatic rings. The summed E-state index contributed by atoms with van der Waals surface area (Å²) < 4.78 is 15.4. The first kappa shape index (κ1) is 19.1. The second kappa shape index (κ2) is 8.21. The van der Waals surface area contributed by atoms with Crippen molar-refractivity contribution in [2.45, 2.75) is 13.0 Å². The molecule has 0 radical (unpaired) electrons. The summed E-state index contributed by atoms with van der Waals surface area (Å²) in [5.74, 6) is 4.56. The van der Waals surface area contributed by atoms with Gasteiger partial charge in [0.2, 0.25) is 0 Å². The summed E-state index contributed by atoms with van der Waals surface area (Å²) in [6.45, 7) is 1.32. The molecular formula is C16H20N4O6. The molecule has 1 heterocycles. The van der Waals surface area contributed by atoms with Gasteiger partial charge in [0.05, 0.1) is 25.8 Å². The molecular weight excluding hydrogens is 344 g/mol. The number of amides is 3. The van der Waals surface area contributed by atoms with Gasteiger partial charge in [-0.25, -0.2) is 15.4 Å². The van der Waals surface area contributed by atoms with E-state index in [2.05, 4.69) is 10.6 Å². The van der Waals surface area contributed by atoms with Crippen LogP contribution < -0.4 is 31.4 Å². The number of hydrogen-bond acceptors (Lipinski definition) is 7. The predicted molar refractivity (Wildman–Crippen MR) is 89.9 cm³/mol. The van der Waals surface area contributed by atoms with E-state index in [1.54, 1.807) is 25.1 Å². The average molecular weight is 364 g/mol. The fourth-order valence-corrected chi connectivity index (χ4v) is 2.49. The summed E-state index contributed by atoms with van der Waals surface area (Å²) in [7, 11) is 2.69. The molecule has 0 aromatic heterocycles. The van der Waals surface area contributed by atoms with Crippen LogP contribution in [0.3, 0.4) is 0 Å². The molecule has 0 saturated carbocycles. The van der Waals surface area contributed by atoms with E-state index in [0.29, 0.717) is 22.8 Å². The number of methoxy groups -OCH3 is 2. The zero-order chi connectivity index (χ0) is 19.3. The van der Waals surface area contributed by atoms with Crippen LogP contribution >= 0.6 is 0 Å². The molecule has 140 valence electrons. The number of hydrogen-bond donors (Lipinski definition) is 4. The maximum atomic E-state index is 12.1. The van der Waals surface area contributed by atoms with Crippen LogP contribution in [0, 0.1) is 0 Å². The van der Waals surface area contributed by atoms with Gasteiger partial charge in [-0.05, 0) is 24.6 Å². The van der Waals surface area contributed by atoms with Crippen LogP contribution in [0.15, 0.2) is 29.5 Å². The van der Waals surface area contributed by atoms with E-state index in [1.165, 1.54) is 14.2 Å². The summed E-state index contributed by atoms with van der Waals surface area (Å²) in [5.41, 5.74) is 3.19. The Morgan fingerprint density at radius 2 is 2.00 bits per heavy atom. The minimum absolute atomic E-state index is 0.269. The van der Waals surface area contributed by atoms with E-state index in [4.69, 9.17) is 20.1 Å². The summed E-state index contributed by atoms with van der Waals surface area (Å²) in [6, 6.07) is 3.63. The van der Waals surface area contributed by atoms with E-state index in [9.17, 15) is 14.4 Å². The molecule has 1 atom stereocenters. The number of nitrogens with one attached hydrogen (secondary N) is 3. The van der Waals surface area contributed by atoms with E-state index >= 15 is 0 Å². The molecule has 10 nitrogen and oxygen atoms in total. The molecule has 0 saturated heterocycles. The lowest BCUT2D eigenvalue weighted by Crippen LogP contribution is -2.45. The highest BCUT2D eigenvalue weighted by Crippen LogP contribution is 2.34. The number of ether oxygens (including phenoxy) is 3. The third-order valence-electron chi connectivity index (χ3n) is 3.72. The number of rotatable bonds is 6. The highest BCUT2D eigenvalue weighted by atomic mass is 16.5. The van der Waals surface area contributed by atoms with Crippen LogP contribution in [0.4, 0.5) is 4.79 Å². The molecule has 5 N–H and O–H groups in total. The summed E-state index contributed by atoms with van der Waals surface area (Å²) in [5, 5.41) is 5.21. The number of urea groups is 1. The Kier molecular flexibility index (Phi) is 6.02. The molecule has 0 spiro atoms. The van der Waals surface area contributed by atoms with Crippen LogP contribution in [0.25, 0.3) is 0 Å². The van der Waals surface area contributed by atoms with Crippen molar-refractivity contribution in [3.8, 4) is 11.5 Å². The van der Waals surface area contributed by atoms with Gasteiger partial charge in [-0.1, -0.05) is 6.07 Å². The number of benzene rings is 1. The Morgan fingerprint density at radius 1 is 1.27 bits per heavy atom. The van der Waals surface area contributed by atoms with Crippen molar-refractivity contribution in [1.29, 1.82) is 0 Å². The zero-order valence-corrected chi connectivity index (χ0v) is 14.5. The largest absolute Gasteiger partial charge is 0.493 e. The molecule has 0 fully saturated rings. The zero-order valence-electron chi connectivity index (χ0n) is 14.5. The van der Waals surface area contributed by atoms with Crippen molar-refractivity contribution in [1.82, 2.24) is 16.1 Å². The number of hydrazine groups is 1. The number of allylic oxidation sites excluding steroid dienone is 1. The van der Waals surface area contributed by atoms with Gasteiger partial charge in [0.1, 0.15) is 0 Å². The van der Waals surface area contributed by atoms with Crippen molar-refractivity contribution in [3.05, 3.63) is 35.0 Å². The Hall–Kier alpha value is -3.27. The molecule has 0 aliphatic carbocycles. The van der Waals surface area contributed by atoms with Crippen molar-refractivity contribution < 1.29 is 28.6 Å². The smallest absolute Gasteiger partial charge is 0.337 e. The maximum Gasteiger partial charge on any atom is 0.337 e. The highest BCUT2D eigenvalue weighted by Gasteiger charge is 2.32. The Bertz CT molecular complexity index is 761. The maximum absolute atomic E-state index is 12.1. The standard InChI is InChI=1S/C16H20N4O6/c1-8-13(15(22)25-3)14(19-16(23)18-8)9-4-5-10(11(6-9)24-2)26-7-12(21)20-17/h4-6,14H,7,17H2,1-3H3,(H,20,21)(H2,18,19,23)/t14-/m1/s1. The van der Waals surface area contributed by atoms with Gasteiger partial charge in [-0.15, -0.1) is 0 Å². The number of esters is 1. The fraction of sp³-hybridized carbons (Fsp3) is 0.312. The second-order valence-corrected chi connectivity index (χ2v) is 5.33. The van der Waals surface area contributed by atoms with Crippen molar-refractivity contribution >= 4 is 17.9 Å². The molecule has 1 aromatic rings. The molecule has 2 rings (SSSR count). The van der Waals surface area contributed by atoms with Gasteiger partial charge >= 0.3 is 12.0 Å². The van der Waals surface area contributed by atoms with Crippen LogP contribution in [-0.2, 0) is 14.3 Å². The minimum atomic E-state index is -0.730. The van der Waals surface area contributed by atoms with E-state index < -0.39 is 23.9 Å². The second-order valence-electron chi connectivity index (χ2n) is 5.33. The van der Waals surface area contributed by atoms with E-state index in [-0.39, 0.29) is 12.2 Å². The van der Waals surface area contributed by atoms with Crippen LogP contribution in [-0.4, -0.2) is 38.7 Å². The van der Waals surface area contributed by atoms with Gasteiger partial charge in [0.15, 0.2) is 18.1 Å². The van der Waals surface area contributed by atoms with Gasteiger partial charge in [0, 0.05) is 5.70 Å². The first-order valence-electron chi connectivity index (χ1n) is 7.58. The Morgan fingerprint density at radius 3 is 2.62 bits per heavy atom. The predicted octanol–water partition coefficient (Wildman–Crippen LogP) is -0.135. The molecule has 0 unspecified atom stereocenters. The van der Waals surface area contributed by atoms with Crippen molar-refractivity contribution in [2.75, 3.05) is 20.8 Å². The number of carbonyl (C=O) groups is 3. The molecule has 3 amide bonds. The molecule has 10 heteroatoms. The fourth-order valence-electron chi connectivity index (χ4n) is 2.49. The van der Waals surface area contributed by atoms with Gasteiger partial charge < -0.3 is 24.8 Å². The van der Waals surface area contributed by atoms with Gasteiger partial charge in [-0.2, -0.15) is 0 Å². The topological polar surface area (TPSA) is 141 Å². The first-order valence-corrected chi connectivity index (χ1v) is 7.58. The minimum Gasteiger partial charge on any atom is -0.493 e. The average Bonchev–Trinajstić information content (AvgIpc) is 2.64. The lowest BCUT2D eigenvalue weighted by Gasteiger charge is -2.28. The summed E-state index contributed by atoms with van der Waals surface area (Å²) in [4.78, 5) is 35.1. The first-order chi connectivity index (χ1) is 12.4. The third kappa shape index (κ3) is 4.03. The van der Waals surface area contributed by atoms with Crippen LogP contribution in [0.1, 0.15) is 18.5 Å². The lowest BCUT2D eigenvalue weighted by atomic mass is 9.95. The number of nitrogens with two attached hydrogens (primary N) is 1. The highest BCUT2D eigenvalue weighted by molar-refractivity contribution is 5.95. The summed E-state index contributed by atoms with van der Waals surface area (Å²) >= 11 is 0. The molecule has 26 heavy (non-hydrogen) atoms. The monoisotopic (exact) mass is 364 g/mol. The third-order valence-corrected chi connectivity index (χ3v) is 3.72. The Balaban J connectivity index is 2.37. The molecule has 0 bridgehead atoms. The quantitative estimate of drug-likeness (QED) is 0.238. The van der Waals surface area contributed by atoms with Crippen molar-refractivity contribution in [2.24, 2.45) is 5.84 Å². The summed E-state index contributed by atoms with van der Waals surface area (Å²) in [6.07, 6.45) is 0. The SMILES string of the molecule is COC(=O)C1=C(C)NC(=O)N[C@@H]1c1ccc(OCC(=O)NN)c(OC)c1.